The Kier molecular flexibility index (Phi) is 4.33. The lowest BCUT2D eigenvalue weighted by molar-refractivity contribution is 0.00696. The van der Waals surface area contributed by atoms with Gasteiger partial charge in [0.25, 0.3) is 0 Å². The van der Waals surface area contributed by atoms with Crippen molar-refractivity contribution >= 4 is 11.7 Å². The van der Waals surface area contributed by atoms with Gasteiger partial charge in [-0.2, -0.15) is 0 Å². The van der Waals surface area contributed by atoms with Crippen molar-refractivity contribution in [3.8, 4) is 0 Å². The van der Waals surface area contributed by atoms with Crippen LogP contribution in [0.25, 0.3) is 0 Å². The standard InChI is InChI=1S/C16H24N2O2/c1-16(2,3)20-15(19)12-6-8-14(9-7-12)18-10-4-5-13(17)11-18/h6-9,13H,4-5,10-11,17H2,1-3H3. The SMILES string of the molecule is CC(C)(C)OC(=O)c1ccc(N2CCCC(N)C2)cc1. The molecule has 1 saturated heterocycles. The minimum Gasteiger partial charge on any atom is -0.456 e. The number of ether oxygens (including phenoxy) is 1. The van der Waals surface area contributed by atoms with Crippen LogP contribution in [-0.4, -0.2) is 30.7 Å². The molecule has 1 atom stereocenters. The quantitative estimate of drug-likeness (QED) is 0.844. The van der Waals surface area contributed by atoms with Crippen LogP contribution in [0.3, 0.4) is 0 Å². The van der Waals surface area contributed by atoms with Crippen LogP contribution in [0.1, 0.15) is 44.0 Å². The molecule has 1 aromatic rings. The number of hydrogen-bond acceptors (Lipinski definition) is 4. The van der Waals surface area contributed by atoms with Gasteiger partial charge in [0.05, 0.1) is 5.56 Å². The van der Waals surface area contributed by atoms with E-state index >= 15 is 0 Å². The Morgan fingerprint density at radius 1 is 1.30 bits per heavy atom. The number of benzene rings is 1. The lowest BCUT2D eigenvalue weighted by atomic mass is 10.1. The summed E-state index contributed by atoms with van der Waals surface area (Å²) in [6, 6.07) is 7.83. The number of esters is 1. The highest BCUT2D eigenvalue weighted by molar-refractivity contribution is 5.90. The van der Waals surface area contributed by atoms with Crippen LogP contribution in [0.5, 0.6) is 0 Å². The van der Waals surface area contributed by atoms with Gasteiger partial charge in [-0.15, -0.1) is 0 Å². The van der Waals surface area contributed by atoms with Gasteiger partial charge in [0.15, 0.2) is 0 Å². The van der Waals surface area contributed by atoms with E-state index in [1.54, 1.807) is 0 Å². The third kappa shape index (κ3) is 3.97. The molecule has 4 heteroatoms. The van der Waals surface area contributed by atoms with Crippen LogP contribution in [0, 0.1) is 0 Å². The number of nitrogens with zero attached hydrogens (tertiary/aromatic N) is 1. The largest absolute Gasteiger partial charge is 0.456 e. The predicted molar refractivity (Wildman–Crippen MR) is 81.0 cm³/mol. The normalized spacial score (nSPS) is 19.8. The van der Waals surface area contributed by atoms with E-state index in [1.807, 2.05) is 45.0 Å². The summed E-state index contributed by atoms with van der Waals surface area (Å²) < 4.78 is 5.35. The summed E-state index contributed by atoms with van der Waals surface area (Å²) in [6.45, 7) is 7.52. The number of piperidine rings is 1. The Labute approximate surface area is 120 Å². The van der Waals surface area contributed by atoms with Crippen molar-refractivity contribution in [3.63, 3.8) is 0 Å². The first-order chi connectivity index (χ1) is 9.35. The Balaban J connectivity index is 2.04. The monoisotopic (exact) mass is 276 g/mol. The topological polar surface area (TPSA) is 55.6 Å². The second-order valence-electron chi connectivity index (χ2n) is 6.40. The Hall–Kier alpha value is -1.55. The molecule has 1 aliphatic heterocycles. The molecule has 110 valence electrons. The summed E-state index contributed by atoms with van der Waals surface area (Å²) in [6.07, 6.45) is 2.21. The van der Waals surface area contributed by atoms with Gasteiger partial charge < -0.3 is 15.4 Å². The number of rotatable bonds is 2. The molecule has 0 bridgehead atoms. The second kappa shape index (κ2) is 5.83. The molecule has 0 spiro atoms. The van der Waals surface area contributed by atoms with Gasteiger partial charge in [0.1, 0.15) is 5.60 Å². The van der Waals surface area contributed by atoms with Crippen LogP contribution < -0.4 is 10.6 Å². The van der Waals surface area contributed by atoms with Crippen LogP contribution in [0.2, 0.25) is 0 Å². The van der Waals surface area contributed by atoms with E-state index in [4.69, 9.17) is 10.5 Å². The molecule has 1 aromatic carbocycles. The minimum atomic E-state index is -0.463. The maximum absolute atomic E-state index is 11.9. The fourth-order valence-electron chi connectivity index (χ4n) is 2.39. The molecule has 4 nitrogen and oxygen atoms in total. The molecule has 1 unspecified atom stereocenters. The molecule has 0 aromatic heterocycles. The summed E-state index contributed by atoms with van der Waals surface area (Å²) in [7, 11) is 0. The maximum atomic E-state index is 11.9. The Morgan fingerprint density at radius 3 is 2.50 bits per heavy atom. The van der Waals surface area contributed by atoms with Crippen LogP contribution in [0.15, 0.2) is 24.3 Å². The summed E-state index contributed by atoms with van der Waals surface area (Å²) in [5.74, 6) is -0.278. The molecule has 20 heavy (non-hydrogen) atoms. The summed E-state index contributed by atoms with van der Waals surface area (Å²) in [5, 5.41) is 0. The van der Waals surface area contributed by atoms with E-state index in [0.29, 0.717) is 5.56 Å². The molecule has 2 N–H and O–H groups in total. The van der Waals surface area contributed by atoms with Gasteiger partial charge >= 0.3 is 5.97 Å². The zero-order chi connectivity index (χ0) is 14.8. The van der Waals surface area contributed by atoms with Crippen molar-refractivity contribution in [2.75, 3.05) is 18.0 Å². The highest BCUT2D eigenvalue weighted by Crippen LogP contribution is 2.21. The first kappa shape index (κ1) is 14.9. The molecule has 0 amide bonds. The molecule has 0 radical (unpaired) electrons. The second-order valence-corrected chi connectivity index (χ2v) is 6.40. The van der Waals surface area contributed by atoms with E-state index in [9.17, 15) is 4.79 Å². The number of hydrogen-bond donors (Lipinski definition) is 1. The van der Waals surface area contributed by atoms with E-state index in [2.05, 4.69) is 4.90 Å². The third-order valence-electron chi connectivity index (χ3n) is 3.32. The van der Waals surface area contributed by atoms with Crippen LogP contribution in [0.4, 0.5) is 5.69 Å². The summed E-state index contributed by atoms with van der Waals surface area (Å²) in [4.78, 5) is 14.2. The van der Waals surface area contributed by atoms with Crippen LogP contribution in [-0.2, 0) is 4.74 Å². The van der Waals surface area contributed by atoms with Crippen molar-refractivity contribution in [2.45, 2.75) is 45.3 Å². The van der Waals surface area contributed by atoms with Gasteiger partial charge in [-0.1, -0.05) is 0 Å². The van der Waals surface area contributed by atoms with Gasteiger partial charge in [0, 0.05) is 24.8 Å². The van der Waals surface area contributed by atoms with Crippen molar-refractivity contribution in [2.24, 2.45) is 5.73 Å². The van der Waals surface area contributed by atoms with E-state index in [1.165, 1.54) is 0 Å². The predicted octanol–water partition coefficient (Wildman–Crippen LogP) is 2.57. The van der Waals surface area contributed by atoms with Gasteiger partial charge in [-0.05, 0) is 57.9 Å². The Bertz CT molecular complexity index is 462. The summed E-state index contributed by atoms with van der Waals surface area (Å²) in [5.41, 5.74) is 7.24. The molecule has 1 heterocycles. The number of anilines is 1. The lowest BCUT2D eigenvalue weighted by Crippen LogP contribution is -2.42. The van der Waals surface area contributed by atoms with Crippen molar-refractivity contribution in [3.05, 3.63) is 29.8 Å². The molecular weight excluding hydrogens is 252 g/mol. The number of carbonyl (C=O) groups excluding carboxylic acids is 1. The number of nitrogens with two attached hydrogens (primary N) is 1. The molecule has 1 aliphatic rings. The molecule has 1 fully saturated rings. The summed E-state index contributed by atoms with van der Waals surface area (Å²) >= 11 is 0. The molecule has 0 saturated carbocycles. The lowest BCUT2D eigenvalue weighted by Gasteiger charge is -2.32. The zero-order valence-electron chi connectivity index (χ0n) is 12.6. The van der Waals surface area contributed by atoms with Gasteiger partial charge in [-0.25, -0.2) is 4.79 Å². The smallest absolute Gasteiger partial charge is 0.338 e. The average Bonchev–Trinajstić information content (AvgIpc) is 2.37. The first-order valence-electron chi connectivity index (χ1n) is 7.19. The highest BCUT2D eigenvalue weighted by Gasteiger charge is 2.19. The maximum Gasteiger partial charge on any atom is 0.338 e. The van der Waals surface area contributed by atoms with Gasteiger partial charge in [0.2, 0.25) is 0 Å². The van der Waals surface area contributed by atoms with E-state index in [0.717, 1.165) is 31.6 Å². The van der Waals surface area contributed by atoms with Gasteiger partial charge in [-0.3, -0.25) is 0 Å². The van der Waals surface area contributed by atoms with Crippen LogP contribution >= 0.6 is 0 Å². The highest BCUT2D eigenvalue weighted by atomic mass is 16.6. The molecular formula is C16H24N2O2. The third-order valence-corrected chi connectivity index (χ3v) is 3.32. The fourth-order valence-corrected chi connectivity index (χ4v) is 2.39. The van der Waals surface area contributed by atoms with E-state index < -0.39 is 5.60 Å². The van der Waals surface area contributed by atoms with Crippen molar-refractivity contribution in [1.82, 2.24) is 0 Å². The molecule has 2 rings (SSSR count). The molecule has 0 aliphatic carbocycles. The van der Waals surface area contributed by atoms with Crippen molar-refractivity contribution in [1.29, 1.82) is 0 Å². The first-order valence-corrected chi connectivity index (χ1v) is 7.19. The number of carbonyl (C=O) groups is 1. The van der Waals surface area contributed by atoms with Crippen molar-refractivity contribution < 1.29 is 9.53 Å². The fraction of sp³-hybridized carbons (Fsp3) is 0.562. The minimum absolute atomic E-state index is 0.245. The Morgan fingerprint density at radius 2 is 1.95 bits per heavy atom. The zero-order valence-corrected chi connectivity index (χ0v) is 12.6. The average molecular weight is 276 g/mol. The van der Waals surface area contributed by atoms with E-state index in [-0.39, 0.29) is 12.0 Å².